The van der Waals surface area contributed by atoms with E-state index in [1.807, 2.05) is 0 Å². The zero-order valence-corrected chi connectivity index (χ0v) is 14.4. The van der Waals surface area contributed by atoms with Crippen molar-refractivity contribution in [1.29, 1.82) is 0 Å². The van der Waals surface area contributed by atoms with Crippen LogP contribution in [0.2, 0.25) is 0 Å². The van der Waals surface area contributed by atoms with Gasteiger partial charge in [0, 0.05) is 19.1 Å². The molecule has 9 heteroatoms. The van der Waals surface area contributed by atoms with Crippen molar-refractivity contribution in [1.82, 2.24) is 16.0 Å². The van der Waals surface area contributed by atoms with Crippen molar-refractivity contribution in [3.63, 3.8) is 0 Å². The van der Waals surface area contributed by atoms with Gasteiger partial charge in [0.25, 0.3) is 0 Å². The Balaban J connectivity index is 1.92. The molecule has 2 saturated heterocycles. The second-order valence-corrected chi connectivity index (χ2v) is 9.40. The van der Waals surface area contributed by atoms with Crippen molar-refractivity contribution in [2.24, 2.45) is 5.92 Å². The smallest absolute Gasteiger partial charge is 0.224 e. The van der Waals surface area contributed by atoms with Crippen LogP contribution in [0.25, 0.3) is 0 Å². The first kappa shape index (κ1) is 17.6. The van der Waals surface area contributed by atoms with E-state index in [2.05, 4.69) is 16.0 Å². The molecule has 2 aliphatic heterocycles. The molecule has 7 nitrogen and oxygen atoms in total. The van der Waals surface area contributed by atoms with E-state index in [4.69, 9.17) is 0 Å². The van der Waals surface area contributed by atoms with E-state index in [1.165, 1.54) is 24.9 Å². The van der Waals surface area contributed by atoms with E-state index < -0.39 is 15.1 Å². The summed E-state index contributed by atoms with van der Waals surface area (Å²) < 4.78 is 23.5. The number of amides is 2. The minimum absolute atomic E-state index is 0.120. The van der Waals surface area contributed by atoms with Crippen LogP contribution in [0.4, 0.5) is 0 Å². The minimum atomic E-state index is -3.16. The van der Waals surface area contributed by atoms with Crippen LogP contribution >= 0.6 is 11.8 Å². The minimum Gasteiger partial charge on any atom is -0.343 e. The van der Waals surface area contributed by atoms with Crippen LogP contribution in [0, 0.1) is 5.92 Å². The molecule has 0 aromatic heterocycles. The van der Waals surface area contributed by atoms with Gasteiger partial charge in [0.15, 0.2) is 9.84 Å². The predicted octanol–water partition coefficient (Wildman–Crippen LogP) is -0.559. The zero-order valence-electron chi connectivity index (χ0n) is 12.8. The van der Waals surface area contributed by atoms with Crippen LogP contribution in [-0.4, -0.2) is 55.6 Å². The number of nitrogens with one attached hydrogen (secondary N) is 3. The fourth-order valence-corrected chi connectivity index (χ4v) is 6.16. The van der Waals surface area contributed by atoms with Gasteiger partial charge in [0.2, 0.25) is 11.8 Å². The van der Waals surface area contributed by atoms with Gasteiger partial charge in [-0.15, -0.1) is 11.8 Å². The van der Waals surface area contributed by atoms with Crippen molar-refractivity contribution in [2.45, 2.75) is 43.0 Å². The maximum Gasteiger partial charge on any atom is 0.224 e. The van der Waals surface area contributed by atoms with Gasteiger partial charge in [0.05, 0.1) is 16.8 Å². The Morgan fingerprint density at radius 3 is 2.59 bits per heavy atom. The second kappa shape index (κ2) is 7.18. The molecule has 0 bridgehead atoms. The molecule has 126 valence electrons. The van der Waals surface area contributed by atoms with E-state index in [9.17, 15) is 18.0 Å². The lowest BCUT2D eigenvalue weighted by atomic mass is 9.95. The molecule has 22 heavy (non-hydrogen) atoms. The third kappa shape index (κ3) is 4.60. The van der Waals surface area contributed by atoms with E-state index in [0.717, 1.165) is 5.75 Å². The normalized spacial score (nSPS) is 32.5. The highest BCUT2D eigenvalue weighted by Crippen LogP contribution is 2.30. The van der Waals surface area contributed by atoms with E-state index in [0.29, 0.717) is 25.8 Å². The number of piperidine rings is 1. The average Bonchev–Trinajstić information content (AvgIpc) is 2.86. The number of hydrogen-bond acceptors (Lipinski definition) is 6. The second-order valence-electron chi connectivity index (χ2n) is 5.89. The highest BCUT2D eigenvalue weighted by atomic mass is 32.2. The number of sulfone groups is 1. The molecule has 0 saturated carbocycles. The van der Waals surface area contributed by atoms with Crippen molar-refractivity contribution in [2.75, 3.05) is 18.6 Å². The van der Waals surface area contributed by atoms with Crippen molar-refractivity contribution in [3.8, 4) is 0 Å². The van der Waals surface area contributed by atoms with Gasteiger partial charge in [-0.25, -0.2) is 8.42 Å². The maximum atomic E-state index is 12.4. The molecule has 3 N–H and O–H groups in total. The van der Waals surface area contributed by atoms with Gasteiger partial charge in [-0.2, -0.15) is 0 Å². The summed E-state index contributed by atoms with van der Waals surface area (Å²) in [5, 5.41) is 7.92. The summed E-state index contributed by atoms with van der Waals surface area (Å²) in [7, 11) is -3.16. The molecule has 0 aliphatic carbocycles. The van der Waals surface area contributed by atoms with Crippen molar-refractivity contribution >= 4 is 33.4 Å². The summed E-state index contributed by atoms with van der Waals surface area (Å²) >= 11 is 1.48. The van der Waals surface area contributed by atoms with Gasteiger partial charge < -0.3 is 10.6 Å². The third-order valence-corrected chi connectivity index (χ3v) is 7.08. The van der Waals surface area contributed by atoms with Crippen LogP contribution in [0.5, 0.6) is 0 Å². The topological polar surface area (TPSA) is 104 Å². The first-order valence-electron chi connectivity index (χ1n) is 7.38. The van der Waals surface area contributed by atoms with Crippen molar-refractivity contribution < 1.29 is 18.0 Å². The highest BCUT2D eigenvalue weighted by Gasteiger charge is 2.38. The number of hydrogen-bond donors (Lipinski definition) is 3. The van der Waals surface area contributed by atoms with Crippen LogP contribution in [0.15, 0.2) is 0 Å². The van der Waals surface area contributed by atoms with Crippen LogP contribution in [0.3, 0.4) is 0 Å². The molecular weight excluding hydrogens is 326 g/mol. The molecule has 4 atom stereocenters. The summed E-state index contributed by atoms with van der Waals surface area (Å²) in [6, 6.07) is 0. The summed E-state index contributed by atoms with van der Waals surface area (Å²) in [5.41, 5.74) is 0. The van der Waals surface area contributed by atoms with Crippen LogP contribution in [-0.2, 0) is 19.4 Å². The summed E-state index contributed by atoms with van der Waals surface area (Å²) in [5.74, 6) is 0.273. The van der Waals surface area contributed by atoms with Gasteiger partial charge >= 0.3 is 0 Å². The van der Waals surface area contributed by atoms with Crippen LogP contribution < -0.4 is 16.0 Å². The molecule has 2 heterocycles. The average molecular weight is 349 g/mol. The maximum absolute atomic E-state index is 12.4. The SMILES string of the molecule is CC(=O)NC1CC(C(=O)NC2SCCC2S(C)(=O)=O)CCN1. The molecule has 0 aromatic carbocycles. The molecule has 0 radical (unpaired) electrons. The third-order valence-electron chi connectivity index (χ3n) is 4.02. The van der Waals surface area contributed by atoms with Gasteiger partial charge in [-0.3, -0.25) is 14.9 Å². The monoisotopic (exact) mass is 349 g/mol. The lowest BCUT2D eigenvalue weighted by Crippen LogP contribution is -2.53. The van der Waals surface area contributed by atoms with Gasteiger partial charge in [-0.05, 0) is 31.6 Å². The summed E-state index contributed by atoms with van der Waals surface area (Å²) in [4.78, 5) is 23.5. The number of thioether (sulfide) groups is 1. The fourth-order valence-electron chi connectivity index (χ4n) is 2.91. The zero-order chi connectivity index (χ0) is 16.3. The Hall–Kier alpha value is -0.800. The molecule has 0 spiro atoms. The Morgan fingerprint density at radius 1 is 1.23 bits per heavy atom. The molecule has 2 amide bonds. The van der Waals surface area contributed by atoms with Gasteiger partial charge in [0.1, 0.15) is 0 Å². The Labute approximate surface area is 135 Å². The lowest BCUT2D eigenvalue weighted by molar-refractivity contribution is -0.127. The molecule has 4 unspecified atom stereocenters. The fraction of sp³-hybridized carbons (Fsp3) is 0.846. The summed E-state index contributed by atoms with van der Waals surface area (Å²) in [6.07, 6.45) is 2.80. The highest BCUT2D eigenvalue weighted by molar-refractivity contribution is 8.02. The van der Waals surface area contributed by atoms with Crippen LogP contribution in [0.1, 0.15) is 26.2 Å². The Bertz CT molecular complexity index is 537. The predicted molar refractivity (Wildman–Crippen MR) is 86.0 cm³/mol. The Morgan fingerprint density at radius 2 is 1.95 bits per heavy atom. The summed E-state index contributed by atoms with van der Waals surface area (Å²) in [6.45, 7) is 2.09. The number of rotatable bonds is 4. The largest absolute Gasteiger partial charge is 0.343 e. The first-order chi connectivity index (χ1) is 10.3. The van der Waals surface area contributed by atoms with Crippen molar-refractivity contribution in [3.05, 3.63) is 0 Å². The van der Waals surface area contributed by atoms with E-state index in [1.54, 1.807) is 0 Å². The Kier molecular flexibility index (Phi) is 5.73. The molecule has 2 fully saturated rings. The van der Waals surface area contributed by atoms with Gasteiger partial charge in [-0.1, -0.05) is 0 Å². The lowest BCUT2D eigenvalue weighted by Gasteiger charge is -2.31. The molecule has 2 aliphatic rings. The molecule has 2 rings (SSSR count). The molecule has 0 aromatic rings. The van der Waals surface area contributed by atoms with E-state index >= 15 is 0 Å². The van der Waals surface area contributed by atoms with E-state index in [-0.39, 0.29) is 29.3 Å². The standard InChI is InChI=1S/C13H23N3O4S2/c1-8(17)15-11-7-9(3-5-14-11)12(18)16-13-10(4-6-21-13)22(2,19)20/h9-11,13-14H,3-7H2,1-2H3,(H,15,17)(H,16,18). The quantitative estimate of drug-likeness (QED) is 0.629. The number of carbonyl (C=O) groups is 2. The first-order valence-corrected chi connectivity index (χ1v) is 10.4. The molecular formula is C13H23N3O4S2. The number of carbonyl (C=O) groups excluding carboxylic acids is 2.